The molecule has 154 valence electrons. The van der Waals surface area contributed by atoms with Crippen molar-refractivity contribution in [2.75, 3.05) is 7.11 Å². The van der Waals surface area contributed by atoms with Crippen LogP contribution in [0.5, 0.6) is 11.5 Å². The number of H-pyrrole nitrogens is 1. The lowest BCUT2D eigenvalue weighted by molar-refractivity contribution is 0.282. The first-order valence-corrected chi connectivity index (χ1v) is 10.9. The van der Waals surface area contributed by atoms with Crippen molar-refractivity contribution in [2.45, 2.75) is 6.61 Å². The molecule has 0 aliphatic rings. The third-order valence-electron chi connectivity index (χ3n) is 4.66. The van der Waals surface area contributed by atoms with Crippen LogP contribution in [0.15, 0.2) is 60.7 Å². The minimum atomic E-state index is 0.323. The summed E-state index contributed by atoms with van der Waals surface area (Å²) < 4.78 is 12.4. The van der Waals surface area contributed by atoms with Gasteiger partial charge in [0, 0.05) is 10.6 Å². The number of rotatable bonds is 6. The van der Waals surface area contributed by atoms with Crippen LogP contribution < -0.4 is 9.47 Å². The van der Waals surface area contributed by atoms with E-state index in [-0.39, 0.29) is 0 Å². The zero-order chi connectivity index (χ0) is 21.8. The molecule has 4 aromatic rings. The molecule has 0 saturated carbocycles. The summed E-state index contributed by atoms with van der Waals surface area (Å²) in [6, 6.07) is 21.2. The van der Waals surface area contributed by atoms with Gasteiger partial charge in [0.05, 0.1) is 27.3 Å². The SMILES string of the molecule is COc1cc(/C=C(\C#N)c2nc3ccccc3[nH]2)cc(I)c1OCc1ccccc1Cl. The minimum Gasteiger partial charge on any atom is -0.493 e. The Morgan fingerprint density at radius 2 is 1.97 bits per heavy atom. The van der Waals surface area contributed by atoms with E-state index in [0.717, 1.165) is 25.7 Å². The molecule has 7 heteroatoms. The molecular weight excluding hydrogens is 525 g/mol. The van der Waals surface area contributed by atoms with Gasteiger partial charge < -0.3 is 14.5 Å². The number of methoxy groups -OCH3 is 1. The number of imidazole rings is 1. The van der Waals surface area contributed by atoms with Crippen molar-refractivity contribution >= 4 is 56.9 Å². The molecule has 5 nitrogen and oxygen atoms in total. The predicted molar refractivity (Wildman–Crippen MR) is 131 cm³/mol. The minimum absolute atomic E-state index is 0.323. The summed E-state index contributed by atoms with van der Waals surface area (Å²) in [6.45, 7) is 0.323. The maximum atomic E-state index is 9.70. The van der Waals surface area contributed by atoms with Crippen LogP contribution in [-0.4, -0.2) is 17.1 Å². The van der Waals surface area contributed by atoms with E-state index in [2.05, 4.69) is 38.6 Å². The van der Waals surface area contributed by atoms with Crippen LogP contribution in [0.3, 0.4) is 0 Å². The van der Waals surface area contributed by atoms with Crippen molar-refractivity contribution in [1.82, 2.24) is 9.97 Å². The van der Waals surface area contributed by atoms with Gasteiger partial charge in [0.2, 0.25) is 0 Å². The van der Waals surface area contributed by atoms with Crippen molar-refractivity contribution in [3.05, 3.63) is 86.2 Å². The molecule has 1 N–H and O–H groups in total. The Labute approximate surface area is 198 Å². The van der Waals surface area contributed by atoms with E-state index in [0.29, 0.717) is 34.5 Å². The Morgan fingerprint density at radius 3 is 2.71 bits per heavy atom. The zero-order valence-electron chi connectivity index (χ0n) is 16.5. The van der Waals surface area contributed by atoms with Gasteiger partial charge in [-0.05, 0) is 64.6 Å². The number of para-hydroxylation sites is 2. The van der Waals surface area contributed by atoms with Crippen LogP contribution in [0.4, 0.5) is 0 Å². The number of benzene rings is 3. The highest BCUT2D eigenvalue weighted by Gasteiger charge is 2.14. The van der Waals surface area contributed by atoms with Crippen LogP contribution in [0.2, 0.25) is 5.02 Å². The molecule has 1 aromatic heterocycles. The number of fused-ring (bicyclic) bond motifs is 1. The number of aromatic amines is 1. The van der Waals surface area contributed by atoms with E-state index < -0.39 is 0 Å². The average molecular weight is 542 g/mol. The van der Waals surface area contributed by atoms with E-state index in [4.69, 9.17) is 21.1 Å². The molecule has 0 amide bonds. The molecule has 0 radical (unpaired) electrons. The Balaban J connectivity index is 1.65. The fourth-order valence-electron chi connectivity index (χ4n) is 3.13. The molecule has 0 spiro atoms. The van der Waals surface area contributed by atoms with Gasteiger partial charge in [-0.1, -0.05) is 41.9 Å². The summed E-state index contributed by atoms with van der Waals surface area (Å²) >= 11 is 8.43. The molecule has 0 aliphatic carbocycles. The Hall–Kier alpha value is -3.02. The third-order valence-corrected chi connectivity index (χ3v) is 5.83. The number of nitrogens with zero attached hydrogens (tertiary/aromatic N) is 2. The van der Waals surface area contributed by atoms with Gasteiger partial charge in [-0.2, -0.15) is 5.26 Å². The maximum absolute atomic E-state index is 9.70. The number of ether oxygens (including phenoxy) is 2. The normalized spacial score (nSPS) is 11.4. The Morgan fingerprint density at radius 1 is 1.19 bits per heavy atom. The number of nitriles is 1. The van der Waals surface area contributed by atoms with Crippen molar-refractivity contribution in [2.24, 2.45) is 0 Å². The molecular formula is C24H17ClIN3O2. The Bertz CT molecular complexity index is 1290. The largest absolute Gasteiger partial charge is 0.493 e. The van der Waals surface area contributed by atoms with Crippen molar-refractivity contribution in [3.8, 4) is 17.6 Å². The summed E-state index contributed by atoms with van der Waals surface area (Å²) in [6.07, 6.45) is 1.78. The van der Waals surface area contributed by atoms with Gasteiger partial charge in [0.1, 0.15) is 18.5 Å². The summed E-state index contributed by atoms with van der Waals surface area (Å²) in [7, 11) is 1.59. The number of allylic oxidation sites excluding steroid dienone is 1. The zero-order valence-corrected chi connectivity index (χ0v) is 19.4. The van der Waals surface area contributed by atoms with Crippen LogP contribution in [-0.2, 0) is 6.61 Å². The molecule has 3 aromatic carbocycles. The van der Waals surface area contributed by atoms with Gasteiger partial charge >= 0.3 is 0 Å². The predicted octanol–water partition coefficient (Wildman–Crippen LogP) is 6.47. The molecule has 0 fully saturated rings. The molecule has 1 heterocycles. The highest BCUT2D eigenvalue weighted by molar-refractivity contribution is 14.1. The van der Waals surface area contributed by atoms with E-state index in [1.165, 1.54) is 0 Å². The molecule has 0 aliphatic heterocycles. The summed E-state index contributed by atoms with van der Waals surface area (Å²) in [4.78, 5) is 7.71. The first kappa shape index (κ1) is 21.2. The average Bonchev–Trinajstić information content (AvgIpc) is 3.21. The lowest BCUT2D eigenvalue weighted by atomic mass is 10.1. The van der Waals surface area contributed by atoms with Crippen LogP contribution in [0.1, 0.15) is 17.0 Å². The third kappa shape index (κ3) is 4.68. The van der Waals surface area contributed by atoms with Gasteiger partial charge in [0.15, 0.2) is 11.5 Å². The van der Waals surface area contributed by atoms with Gasteiger partial charge in [-0.15, -0.1) is 0 Å². The standard InChI is InChI=1S/C24H17ClIN3O2/c1-30-22-12-15(10-17(13-27)24-28-20-8-4-5-9-21(20)29-24)11-19(26)23(22)31-14-16-6-2-3-7-18(16)25/h2-12H,14H2,1H3,(H,28,29)/b17-10+. The van der Waals surface area contributed by atoms with Crippen LogP contribution in [0, 0.1) is 14.9 Å². The summed E-state index contributed by atoms with van der Waals surface area (Å²) in [5, 5.41) is 10.4. The highest BCUT2D eigenvalue weighted by Crippen LogP contribution is 2.36. The monoisotopic (exact) mass is 541 g/mol. The molecule has 31 heavy (non-hydrogen) atoms. The number of hydrogen-bond donors (Lipinski definition) is 1. The van der Waals surface area contributed by atoms with Gasteiger partial charge in [0.25, 0.3) is 0 Å². The Kier molecular flexibility index (Phi) is 6.44. The van der Waals surface area contributed by atoms with E-state index in [1.807, 2.05) is 60.7 Å². The lowest BCUT2D eigenvalue weighted by Gasteiger charge is -2.14. The second-order valence-electron chi connectivity index (χ2n) is 6.69. The molecule has 0 bridgehead atoms. The number of aromatic nitrogens is 2. The smallest absolute Gasteiger partial charge is 0.174 e. The topological polar surface area (TPSA) is 70.9 Å². The quantitative estimate of drug-likeness (QED) is 0.224. The number of halogens is 2. The molecule has 0 unspecified atom stereocenters. The van der Waals surface area contributed by atoms with Crippen LogP contribution >= 0.6 is 34.2 Å². The first-order valence-electron chi connectivity index (χ1n) is 9.39. The second-order valence-corrected chi connectivity index (χ2v) is 8.26. The van der Waals surface area contributed by atoms with Crippen LogP contribution in [0.25, 0.3) is 22.7 Å². The second kappa shape index (κ2) is 9.41. The fraction of sp³-hybridized carbons (Fsp3) is 0.0833. The number of nitrogens with one attached hydrogen (secondary N) is 1. The maximum Gasteiger partial charge on any atom is 0.174 e. The van der Waals surface area contributed by atoms with Gasteiger partial charge in [-0.3, -0.25) is 0 Å². The van der Waals surface area contributed by atoms with E-state index >= 15 is 0 Å². The summed E-state index contributed by atoms with van der Waals surface area (Å²) in [5.74, 6) is 1.73. The van der Waals surface area contributed by atoms with E-state index in [9.17, 15) is 5.26 Å². The lowest BCUT2D eigenvalue weighted by Crippen LogP contribution is -2.00. The highest BCUT2D eigenvalue weighted by atomic mass is 127. The molecule has 0 saturated heterocycles. The van der Waals surface area contributed by atoms with Crippen molar-refractivity contribution in [1.29, 1.82) is 5.26 Å². The summed E-state index contributed by atoms with van der Waals surface area (Å²) in [5.41, 5.74) is 3.83. The van der Waals surface area contributed by atoms with Gasteiger partial charge in [-0.25, -0.2) is 4.98 Å². The number of hydrogen-bond acceptors (Lipinski definition) is 4. The van der Waals surface area contributed by atoms with Crippen molar-refractivity contribution in [3.63, 3.8) is 0 Å². The molecule has 4 rings (SSSR count). The molecule has 0 atom stereocenters. The fourth-order valence-corrected chi connectivity index (χ4v) is 4.10. The first-order chi connectivity index (χ1) is 15.1. The van der Waals surface area contributed by atoms with Crippen molar-refractivity contribution < 1.29 is 9.47 Å². The van der Waals surface area contributed by atoms with E-state index in [1.54, 1.807) is 13.2 Å².